The van der Waals surface area contributed by atoms with Gasteiger partial charge in [0.2, 0.25) is 5.91 Å². The third-order valence-electron chi connectivity index (χ3n) is 5.13. The van der Waals surface area contributed by atoms with Gasteiger partial charge in [0.1, 0.15) is 5.54 Å². The first kappa shape index (κ1) is 15.7. The molecule has 1 aliphatic carbocycles. The van der Waals surface area contributed by atoms with Crippen molar-refractivity contribution in [3.63, 3.8) is 0 Å². The summed E-state index contributed by atoms with van der Waals surface area (Å²) in [7, 11) is 4.07. The van der Waals surface area contributed by atoms with Gasteiger partial charge < -0.3 is 20.7 Å². The summed E-state index contributed by atoms with van der Waals surface area (Å²) < 4.78 is 5.83. The van der Waals surface area contributed by atoms with Gasteiger partial charge in [0.05, 0.1) is 6.10 Å². The topological polar surface area (TPSA) is 67.6 Å². The van der Waals surface area contributed by atoms with Crippen molar-refractivity contribution in [1.82, 2.24) is 10.2 Å². The van der Waals surface area contributed by atoms with Gasteiger partial charge in [-0.05, 0) is 39.9 Å². The Hall–Kier alpha value is -0.650. The van der Waals surface area contributed by atoms with Gasteiger partial charge >= 0.3 is 0 Å². The van der Waals surface area contributed by atoms with Gasteiger partial charge in [-0.1, -0.05) is 13.8 Å². The number of fused-ring (bicyclic) bond motifs is 1. The maximum atomic E-state index is 12.6. The van der Waals surface area contributed by atoms with Crippen molar-refractivity contribution in [1.29, 1.82) is 0 Å². The molecule has 3 unspecified atom stereocenters. The molecule has 20 heavy (non-hydrogen) atoms. The Labute approximate surface area is 122 Å². The van der Waals surface area contributed by atoms with Crippen molar-refractivity contribution in [2.24, 2.45) is 17.1 Å². The van der Waals surface area contributed by atoms with Crippen LogP contribution < -0.4 is 11.1 Å². The van der Waals surface area contributed by atoms with Crippen LogP contribution in [0.3, 0.4) is 0 Å². The number of nitrogens with one attached hydrogen (secondary N) is 1. The average molecular weight is 283 g/mol. The highest BCUT2D eigenvalue weighted by Crippen LogP contribution is 2.57. The Kier molecular flexibility index (Phi) is 4.42. The highest BCUT2D eigenvalue weighted by atomic mass is 16.5. The molecule has 5 heteroatoms. The predicted octanol–water partition coefficient (Wildman–Crippen LogP) is 0.587. The van der Waals surface area contributed by atoms with Crippen LogP contribution in [0, 0.1) is 11.3 Å². The zero-order valence-corrected chi connectivity index (χ0v) is 13.2. The molecule has 0 bridgehead atoms. The highest BCUT2D eigenvalue weighted by Gasteiger charge is 2.70. The average Bonchev–Trinajstić information content (AvgIpc) is 2.42. The molecule has 1 aliphatic heterocycles. The molecule has 2 aliphatic rings. The predicted molar refractivity (Wildman–Crippen MR) is 79.3 cm³/mol. The molecule has 0 aromatic heterocycles. The van der Waals surface area contributed by atoms with E-state index in [9.17, 15) is 4.79 Å². The van der Waals surface area contributed by atoms with Crippen LogP contribution in [-0.4, -0.2) is 56.2 Å². The van der Waals surface area contributed by atoms with E-state index in [0.29, 0.717) is 6.54 Å². The Morgan fingerprint density at radius 3 is 2.80 bits per heavy atom. The van der Waals surface area contributed by atoms with Crippen LogP contribution >= 0.6 is 0 Å². The minimum atomic E-state index is -0.782. The van der Waals surface area contributed by atoms with E-state index in [4.69, 9.17) is 10.5 Å². The quantitative estimate of drug-likeness (QED) is 0.725. The lowest BCUT2D eigenvalue weighted by Gasteiger charge is -2.65. The summed E-state index contributed by atoms with van der Waals surface area (Å²) in [5.74, 6) is 0.160. The van der Waals surface area contributed by atoms with Crippen LogP contribution in [0.4, 0.5) is 0 Å². The van der Waals surface area contributed by atoms with Crippen molar-refractivity contribution >= 4 is 5.91 Å². The van der Waals surface area contributed by atoms with E-state index < -0.39 is 5.54 Å². The summed E-state index contributed by atoms with van der Waals surface area (Å²) in [6, 6.07) is 0. The van der Waals surface area contributed by atoms with Gasteiger partial charge in [0, 0.05) is 24.5 Å². The number of nitrogens with zero attached hydrogens (tertiary/aromatic N) is 1. The van der Waals surface area contributed by atoms with Crippen molar-refractivity contribution < 1.29 is 9.53 Å². The number of ether oxygens (including phenoxy) is 1. The Morgan fingerprint density at radius 1 is 1.45 bits per heavy atom. The van der Waals surface area contributed by atoms with Gasteiger partial charge in [-0.3, -0.25) is 4.79 Å². The number of hydrogen-bond donors (Lipinski definition) is 2. The Morgan fingerprint density at radius 2 is 2.15 bits per heavy atom. The normalized spacial score (nSPS) is 35.3. The number of rotatable bonds is 5. The fraction of sp³-hybridized carbons (Fsp3) is 0.933. The van der Waals surface area contributed by atoms with Gasteiger partial charge in [-0.15, -0.1) is 0 Å². The first-order chi connectivity index (χ1) is 9.31. The zero-order valence-electron chi connectivity index (χ0n) is 13.2. The third kappa shape index (κ3) is 2.36. The molecule has 1 amide bonds. The SMILES string of the molecule is CN(C)CCCNC(=O)C1(N)C2CCCOC2C1(C)C. The molecule has 0 radical (unpaired) electrons. The van der Waals surface area contributed by atoms with Crippen molar-refractivity contribution in [3.8, 4) is 0 Å². The maximum absolute atomic E-state index is 12.6. The van der Waals surface area contributed by atoms with Gasteiger partial charge in [-0.25, -0.2) is 0 Å². The van der Waals surface area contributed by atoms with Crippen LogP contribution in [-0.2, 0) is 9.53 Å². The third-order valence-corrected chi connectivity index (χ3v) is 5.13. The molecule has 0 aromatic carbocycles. The lowest BCUT2D eigenvalue weighted by molar-refractivity contribution is -0.225. The standard InChI is InChI=1S/C15H29N3O2/c1-14(2)12-11(7-5-10-20-12)15(14,16)13(19)17-8-6-9-18(3)4/h11-12H,5-10,16H2,1-4H3,(H,17,19). The molecule has 1 heterocycles. The molecule has 5 nitrogen and oxygen atoms in total. The zero-order chi connectivity index (χ0) is 15.0. The summed E-state index contributed by atoms with van der Waals surface area (Å²) in [6.07, 6.45) is 3.08. The summed E-state index contributed by atoms with van der Waals surface area (Å²) in [4.78, 5) is 14.7. The van der Waals surface area contributed by atoms with Gasteiger partial charge in [-0.2, -0.15) is 0 Å². The molecule has 3 N–H and O–H groups in total. The lowest BCUT2D eigenvalue weighted by Crippen LogP contribution is -2.82. The number of hydrogen-bond acceptors (Lipinski definition) is 4. The van der Waals surface area contributed by atoms with E-state index in [1.54, 1.807) is 0 Å². The van der Waals surface area contributed by atoms with Crippen LogP contribution in [0.25, 0.3) is 0 Å². The molecule has 0 spiro atoms. The number of carbonyl (C=O) groups excluding carboxylic acids is 1. The fourth-order valence-electron chi connectivity index (χ4n) is 3.78. The Bertz CT molecular complexity index is 370. The first-order valence-corrected chi connectivity index (χ1v) is 7.65. The largest absolute Gasteiger partial charge is 0.377 e. The minimum absolute atomic E-state index is 0.00648. The van der Waals surface area contributed by atoms with Gasteiger partial charge in [0.25, 0.3) is 0 Å². The highest BCUT2D eigenvalue weighted by molar-refractivity contribution is 5.89. The lowest BCUT2D eigenvalue weighted by atomic mass is 9.46. The number of nitrogens with two attached hydrogens (primary N) is 1. The molecule has 116 valence electrons. The number of carbonyl (C=O) groups is 1. The Balaban J connectivity index is 1.93. The van der Waals surface area contributed by atoms with Crippen molar-refractivity contribution in [2.75, 3.05) is 33.8 Å². The van der Waals surface area contributed by atoms with Crippen LogP contribution in [0.1, 0.15) is 33.1 Å². The molecule has 0 aromatic rings. The molecule has 3 atom stereocenters. The monoisotopic (exact) mass is 283 g/mol. The van der Waals surface area contributed by atoms with E-state index in [1.807, 2.05) is 14.1 Å². The van der Waals surface area contributed by atoms with Crippen LogP contribution in [0.15, 0.2) is 0 Å². The molecule has 2 rings (SSSR count). The van der Waals surface area contributed by atoms with Crippen molar-refractivity contribution in [3.05, 3.63) is 0 Å². The molecule has 1 saturated carbocycles. The smallest absolute Gasteiger partial charge is 0.241 e. The number of amides is 1. The van der Waals surface area contributed by atoms with E-state index >= 15 is 0 Å². The van der Waals surface area contributed by atoms with E-state index in [-0.39, 0.29) is 23.3 Å². The molecule has 1 saturated heterocycles. The molecular formula is C15H29N3O2. The van der Waals surface area contributed by atoms with Crippen LogP contribution in [0.2, 0.25) is 0 Å². The fourth-order valence-corrected chi connectivity index (χ4v) is 3.78. The maximum Gasteiger partial charge on any atom is 0.241 e. The second-order valence-electron chi connectivity index (χ2n) is 7.04. The molecular weight excluding hydrogens is 254 g/mol. The second kappa shape index (κ2) is 5.62. The summed E-state index contributed by atoms with van der Waals surface area (Å²) >= 11 is 0. The minimum Gasteiger partial charge on any atom is -0.377 e. The summed E-state index contributed by atoms with van der Waals surface area (Å²) in [6.45, 7) is 6.56. The summed E-state index contributed by atoms with van der Waals surface area (Å²) in [5.41, 5.74) is 5.45. The van der Waals surface area contributed by atoms with Gasteiger partial charge in [0.15, 0.2) is 0 Å². The van der Waals surface area contributed by atoms with Crippen molar-refractivity contribution in [2.45, 2.75) is 44.8 Å². The van der Waals surface area contributed by atoms with Crippen LogP contribution in [0.5, 0.6) is 0 Å². The van der Waals surface area contributed by atoms with E-state index in [1.165, 1.54) is 0 Å². The summed E-state index contributed by atoms with van der Waals surface area (Å²) in [5, 5.41) is 3.02. The van der Waals surface area contributed by atoms with E-state index in [0.717, 1.165) is 32.4 Å². The second-order valence-corrected chi connectivity index (χ2v) is 7.04. The molecule has 2 fully saturated rings. The first-order valence-electron chi connectivity index (χ1n) is 7.65. The van der Waals surface area contributed by atoms with E-state index in [2.05, 4.69) is 24.1 Å².